The van der Waals surface area contributed by atoms with Crippen LogP contribution in [-0.2, 0) is 17.9 Å². The molecule has 0 unspecified atom stereocenters. The van der Waals surface area contributed by atoms with Crippen molar-refractivity contribution in [2.75, 3.05) is 0 Å². The Morgan fingerprint density at radius 2 is 1.95 bits per heavy atom. The molecule has 6 heteroatoms. The highest BCUT2D eigenvalue weighted by molar-refractivity contribution is 5.92. The van der Waals surface area contributed by atoms with Crippen molar-refractivity contribution in [3.8, 4) is 0 Å². The van der Waals surface area contributed by atoms with E-state index in [2.05, 4.69) is 10.4 Å². The highest BCUT2D eigenvalue weighted by Crippen LogP contribution is 2.00. The first kappa shape index (κ1) is 13.8. The van der Waals surface area contributed by atoms with Crippen molar-refractivity contribution in [2.24, 2.45) is 0 Å². The van der Waals surface area contributed by atoms with Crippen molar-refractivity contribution in [3.63, 3.8) is 0 Å². The van der Waals surface area contributed by atoms with Crippen molar-refractivity contribution in [1.82, 2.24) is 15.1 Å². The summed E-state index contributed by atoms with van der Waals surface area (Å²) in [4.78, 5) is 22.3. The van der Waals surface area contributed by atoms with Gasteiger partial charge in [-0.2, -0.15) is 5.10 Å². The van der Waals surface area contributed by atoms with Crippen LogP contribution in [0.3, 0.4) is 0 Å². The van der Waals surface area contributed by atoms with E-state index >= 15 is 0 Å². The number of carboxylic acid groups (broad SMARTS) is 1. The van der Waals surface area contributed by atoms with Crippen molar-refractivity contribution < 1.29 is 14.7 Å². The number of aliphatic carboxylic acids is 1. The van der Waals surface area contributed by atoms with Gasteiger partial charge in [0.15, 0.2) is 0 Å². The molecule has 1 heterocycles. The zero-order valence-corrected chi connectivity index (χ0v) is 10.8. The largest absolute Gasteiger partial charge is 0.481 e. The minimum atomic E-state index is -0.893. The van der Waals surface area contributed by atoms with Crippen molar-refractivity contribution in [1.29, 1.82) is 0 Å². The van der Waals surface area contributed by atoms with Crippen molar-refractivity contribution in [2.45, 2.75) is 19.5 Å². The fourth-order valence-corrected chi connectivity index (χ4v) is 1.69. The molecule has 0 saturated heterocycles. The molecule has 0 saturated carbocycles. The van der Waals surface area contributed by atoms with Crippen LogP contribution in [0.25, 0.3) is 0 Å². The third-order valence-corrected chi connectivity index (χ3v) is 2.72. The van der Waals surface area contributed by atoms with Gasteiger partial charge >= 0.3 is 5.97 Å². The number of amides is 1. The standard InChI is InChI=1S/C14H15N3O3/c18-13(19)7-9-17-8-6-12(16-17)14(20)15-10-11-4-2-1-3-5-11/h1-6,8H,7,9-10H2,(H,15,20)(H,18,19). The summed E-state index contributed by atoms with van der Waals surface area (Å²) in [5.41, 5.74) is 1.29. The van der Waals surface area contributed by atoms with Gasteiger partial charge < -0.3 is 10.4 Å². The molecule has 0 fully saturated rings. The maximum absolute atomic E-state index is 11.9. The van der Waals surface area contributed by atoms with Gasteiger partial charge in [-0.25, -0.2) is 0 Å². The summed E-state index contributed by atoms with van der Waals surface area (Å²) >= 11 is 0. The smallest absolute Gasteiger partial charge is 0.305 e. The molecule has 0 aliphatic carbocycles. The van der Waals surface area contributed by atoms with Crippen LogP contribution in [0.4, 0.5) is 0 Å². The molecule has 0 spiro atoms. The van der Waals surface area contributed by atoms with Gasteiger partial charge in [0.25, 0.3) is 5.91 Å². The molecule has 2 rings (SSSR count). The molecule has 1 amide bonds. The van der Waals surface area contributed by atoms with Crippen LogP contribution in [0.2, 0.25) is 0 Å². The Bertz CT molecular complexity index is 593. The third kappa shape index (κ3) is 3.94. The predicted octanol–water partition coefficient (Wildman–Crippen LogP) is 1.29. The van der Waals surface area contributed by atoms with Gasteiger partial charge in [0, 0.05) is 12.7 Å². The third-order valence-electron chi connectivity index (χ3n) is 2.72. The molecule has 1 aromatic carbocycles. The molecule has 2 N–H and O–H groups in total. The maximum Gasteiger partial charge on any atom is 0.305 e. The minimum Gasteiger partial charge on any atom is -0.481 e. The summed E-state index contributed by atoms with van der Waals surface area (Å²) in [6.07, 6.45) is 1.58. The van der Waals surface area contributed by atoms with Crippen molar-refractivity contribution >= 4 is 11.9 Å². The summed E-state index contributed by atoms with van der Waals surface area (Å²) in [5, 5.41) is 15.4. The van der Waals surface area contributed by atoms with Crippen LogP contribution in [0.5, 0.6) is 0 Å². The van der Waals surface area contributed by atoms with Gasteiger partial charge in [0.05, 0.1) is 13.0 Å². The molecular weight excluding hydrogens is 258 g/mol. The number of hydrogen-bond donors (Lipinski definition) is 2. The minimum absolute atomic E-state index is 0.0211. The van der Waals surface area contributed by atoms with E-state index in [4.69, 9.17) is 5.11 Å². The first-order chi connectivity index (χ1) is 9.65. The van der Waals surface area contributed by atoms with E-state index in [1.54, 1.807) is 12.3 Å². The SMILES string of the molecule is O=C(O)CCn1ccc(C(=O)NCc2ccccc2)n1. The number of hydrogen-bond acceptors (Lipinski definition) is 3. The predicted molar refractivity (Wildman–Crippen MR) is 72.1 cm³/mol. The summed E-state index contributed by atoms with van der Waals surface area (Å²) in [6, 6.07) is 11.1. The molecule has 0 radical (unpaired) electrons. The molecule has 0 aliphatic heterocycles. The van der Waals surface area contributed by atoms with Gasteiger partial charge in [0.1, 0.15) is 5.69 Å². The number of benzene rings is 1. The van der Waals surface area contributed by atoms with Crippen LogP contribution in [0.15, 0.2) is 42.6 Å². The van der Waals surface area contributed by atoms with E-state index in [1.165, 1.54) is 4.68 Å². The molecular formula is C14H15N3O3. The highest BCUT2D eigenvalue weighted by atomic mass is 16.4. The molecule has 2 aromatic rings. The number of carbonyl (C=O) groups excluding carboxylic acids is 1. The quantitative estimate of drug-likeness (QED) is 0.830. The Balaban J connectivity index is 1.88. The molecule has 20 heavy (non-hydrogen) atoms. The second kappa shape index (κ2) is 6.51. The van der Waals surface area contributed by atoms with Crippen LogP contribution in [0, 0.1) is 0 Å². The first-order valence-electron chi connectivity index (χ1n) is 6.22. The Morgan fingerprint density at radius 3 is 2.65 bits per heavy atom. The summed E-state index contributed by atoms with van der Waals surface area (Å²) < 4.78 is 1.45. The molecule has 0 bridgehead atoms. The Kier molecular flexibility index (Phi) is 4.49. The average molecular weight is 273 g/mol. The first-order valence-corrected chi connectivity index (χ1v) is 6.22. The van der Waals surface area contributed by atoms with E-state index in [-0.39, 0.29) is 24.6 Å². The van der Waals surface area contributed by atoms with Gasteiger partial charge in [0.2, 0.25) is 0 Å². The Morgan fingerprint density at radius 1 is 1.20 bits per heavy atom. The van der Waals surface area contributed by atoms with Gasteiger partial charge in [-0.1, -0.05) is 30.3 Å². The van der Waals surface area contributed by atoms with Gasteiger partial charge in [-0.05, 0) is 11.6 Å². The van der Waals surface area contributed by atoms with Crippen LogP contribution in [-0.4, -0.2) is 26.8 Å². The second-order valence-electron chi connectivity index (χ2n) is 4.28. The van der Waals surface area contributed by atoms with Crippen LogP contribution < -0.4 is 5.32 Å². The Labute approximate surface area is 116 Å². The molecule has 1 aromatic heterocycles. The van der Waals surface area contributed by atoms with E-state index in [1.807, 2.05) is 30.3 Å². The number of rotatable bonds is 6. The van der Waals surface area contributed by atoms with E-state index in [0.717, 1.165) is 5.56 Å². The number of aryl methyl sites for hydroxylation is 1. The summed E-state index contributed by atoms with van der Waals surface area (Å²) in [7, 11) is 0. The highest BCUT2D eigenvalue weighted by Gasteiger charge is 2.09. The lowest BCUT2D eigenvalue weighted by Gasteiger charge is -2.03. The summed E-state index contributed by atoms with van der Waals surface area (Å²) in [6.45, 7) is 0.683. The molecule has 0 aliphatic rings. The number of nitrogens with one attached hydrogen (secondary N) is 1. The van der Waals surface area contributed by atoms with Crippen LogP contribution in [0.1, 0.15) is 22.5 Å². The number of carboxylic acids is 1. The fraction of sp³-hybridized carbons (Fsp3) is 0.214. The lowest BCUT2D eigenvalue weighted by Crippen LogP contribution is -2.23. The van der Waals surface area contributed by atoms with E-state index in [0.29, 0.717) is 6.54 Å². The van der Waals surface area contributed by atoms with Crippen LogP contribution >= 0.6 is 0 Å². The lowest BCUT2D eigenvalue weighted by atomic mass is 10.2. The second-order valence-corrected chi connectivity index (χ2v) is 4.28. The fourth-order valence-electron chi connectivity index (χ4n) is 1.69. The lowest BCUT2D eigenvalue weighted by molar-refractivity contribution is -0.137. The maximum atomic E-state index is 11.9. The topological polar surface area (TPSA) is 84.2 Å². The number of nitrogens with zero attached hydrogens (tertiary/aromatic N) is 2. The molecule has 0 atom stereocenters. The average Bonchev–Trinajstić information content (AvgIpc) is 2.92. The van der Waals surface area contributed by atoms with Gasteiger partial charge in [-0.15, -0.1) is 0 Å². The summed E-state index contributed by atoms with van der Waals surface area (Å²) in [5.74, 6) is -1.17. The van der Waals surface area contributed by atoms with Crippen molar-refractivity contribution in [3.05, 3.63) is 53.9 Å². The monoisotopic (exact) mass is 273 g/mol. The van der Waals surface area contributed by atoms with E-state index in [9.17, 15) is 9.59 Å². The number of aromatic nitrogens is 2. The zero-order chi connectivity index (χ0) is 14.4. The van der Waals surface area contributed by atoms with Gasteiger partial charge in [-0.3, -0.25) is 14.3 Å². The normalized spacial score (nSPS) is 10.2. The van der Waals surface area contributed by atoms with E-state index < -0.39 is 5.97 Å². The number of carbonyl (C=O) groups is 2. The molecule has 104 valence electrons. The zero-order valence-electron chi connectivity index (χ0n) is 10.8. The molecule has 6 nitrogen and oxygen atoms in total. The Hall–Kier alpha value is -2.63.